The standard InChI is InChI=1S/C14H26O/c1-4-7-8-9-11-13(10-5-2)12-14(15)6-3/h5,13H,2,4,6-12H2,1,3H3. The van der Waals surface area contributed by atoms with Crippen molar-refractivity contribution in [1.82, 2.24) is 0 Å². The first-order chi connectivity index (χ1) is 7.24. The Morgan fingerprint density at radius 3 is 2.53 bits per heavy atom. The van der Waals surface area contributed by atoms with Crippen molar-refractivity contribution in [3.63, 3.8) is 0 Å². The number of carbonyl (C=O) groups excluding carboxylic acids is 1. The summed E-state index contributed by atoms with van der Waals surface area (Å²) in [7, 11) is 0. The molecule has 0 rings (SSSR count). The van der Waals surface area contributed by atoms with E-state index in [1.54, 1.807) is 0 Å². The molecule has 0 aromatic heterocycles. The zero-order valence-corrected chi connectivity index (χ0v) is 10.4. The van der Waals surface area contributed by atoms with E-state index in [0.29, 0.717) is 18.1 Å². The Balaban J connectivity index is 3.72. The summed E-state index contributed by atoms with van der Waals surface area (Å²) in [6, 6.07) is 0. The van der Waals surface area contributed by atoms with Crippen LogP contribution in [0.1, 0.15) is 65.2 Å². The number of ketones is 1. The predicted molar refractivity (Wildman–Crippen MR) is 67.0 cm³/mol. The van der Waals surface area contributed by atoms with E-state index in [4.69, 9.17) is 0 Å². The SMILES string of the molecule is C=CCC(CCCCCC)CC(=O)CC. The Hall–Kier alpha value is -0.590. The molecule has 1 heteroatoms. The minimum Gasteiger partial charge on any atom is -0.300 e. The number of hydrogen-bond donors (Lipinski definition) is 0. The fourth-order valence-corrected chi connectivity index (χ4v) is 1.87. The average Bonchev–Trinajstić information content (AvgIpc) is 2.24. The summed E-state index contributed by atoms with van der Waals surface area (Å²) in [4.78, 5) is 11.4. The highest BCUT2D eigenvalue weighted by molar-refractivity contribution is 5.78. The molecule has 0 bridgehead atoms. The molecule has 0 aromatic rings. The van der Waals surface area contributed by atoms with Crippen molar-refractivity contribution in [1.29, 1.82) is 0 Å². The lowest BCUT2D eigenvalue weighted by molar-refractivity contribution is -0.119. The van der Waals surface area contributed by atoms with Gasteiger partial charge in [0.2, 0.25) is 0 Å². The summed E-state index contributed by atoms with van der Waals surface area (Å²) in [6.07, 6.45) is 10.8. The van der Waals surface area contributed by atoms with Crippen LogP contribution in [0.4, 0.5) is 0 Å². The number of rotatable bonds is 10. The Morgan fingerprint density at radius 2 is 2.00 bits per heavy atom. The summed E-state index contributed by atoms with van der Waals surface area (Å²) in [5.74, 6) is 0.948. The second-order valence-electron chi connectivity index (χ2n) is 4.34. The van der Waals surface area contributed by atoms with Gasteiger partial charge < -0.3 is 0 Å². The number of carbonyl (C=O) groups is 1. The van der Waals surface area contributed by atoms with E-state index in [0.717, 1.165) is 12.8 Å². The fourth-order valence-electron chi connectivity index (χ4n) is 1.87. The highest BCUT2D eigenvalue weighted by atomic mass is 16.1. The van der Waals surface area contributed by atoms with Crippen molar-refractivity contribution in [2.24, 2.45) is 5.92 Å². The fraction of sp³-hybridized carbons (Fsp3) is 0.786. The minimum absolute atomic E-state index is 0.400. The Bertz CT molecular complexity index is 172. The Labute approximate surface area is 95.0 Å². The van der Waals surface area contributed by atoms with E-state index in [9.17, 15) is 4.79 Å². The first-order valence-electron chi connectivity index (χ1n) is 6.37. The number of hydrogen-bond acceptors (Lipinski definition) is 1. The van der Waals surface area contributed by atoms with Gasteiger partial charge in [-0.2, -0.15) is 0 Å². The maximum absolute atomic E-state index is 11.4. The van der Waals surface area contributed by atoms with E-state index >= 15 is 0 Å². The van der Waals surface area contributed by atoms with E-state index < -0.39 is 0 Å². The van der Waals surface area contributed by atoms with E-state index in [1.807, 2.05) is 13.0 Å². The summed E-state index contributed by atoms with van der Waals surface area (Å²) in [5, 5.41) is 0. The van der Waals surface area contributed by atoms with Crippen molar-refractivity contribution >= 4 is 5.78 Å². The van der Waals surface area contributed by atoms with Gasteiger partial charge in [0.05, 0.1) is 0 Å². The van der Waals surface area contributed by atoms with Crippen LogP contribution in [0.2, 0.25) is 0 Å². The Morgan fingerprint density at radius 1 is 1.27 bits per heavy atom. The minimum atomic E-state index is 0.400. The van der Waals surface area contributed by atoms with Gasteiger partial charge >= 0.3 is 0 Å². The topological polar surface area (TPSA) is 17.1 Å². The molecule has 0 saturated heterocycles. The van der Waals surface area contributed by atoms with Crippen LogP contribution >= 0.6 is 0 Å². The summed E-state index contributed by atoms with van der Waals surface area (Å²) in [5.41, 5.74) is 0. The van der Waals surface area contributed by atoms with Gasteiger partial charge in [-0.15, -0.1) is 6.58 Å². The summed E-state index contributed by atoms with van der Waals surface area (Å²) < 4.78 is 0. The van der Waals surface area contributed by atoms with Crippen LogP contribution in [0.5, 0.6) is 0 Å². The lowest BCUT2D eigenvalue weighted by Gasteiger charge is -2.13. The average molecular weight is 210 g/mol. The summed E-state index contributed by atoms with van der Waals surface area (Å²) >= 11 is 0. The van der Waals surface area contributed by atoms with Crippen LogP contribution < -0.4 is 0 Å². The third-order valence-electron chi connectivity index (χ3n) is 2.88. The first-order valence-corrected chi connectivity index (χ1v) is 6.37. The smallest absolute Gasteiger partial charge is 0.132 e. The van der Waals surface area contributed by atoms with Gasteiger partial charge in [-0.1, -0.05) is 45.6 Å². The second kappa shape index (κ2) is 9.95. The van der Waals surface area contributed by atoms with Crippen LogP contribution in [0.25, 0.3) is 0 Å². The molecule has 0 N–H and O–H groups in total. The molecular formula is C14H26O. The molecule has 0 aliphatic carbocycles. The molecule has 0 radical (unpaired) electrons. The second-order valence-corrected chi connectivity index (χ2v) is 4.34. The van der Waals surface area contributed by atoms with Crippen molar-refractivity contribution in [2.45, 2.75) is 65.2 Å². The number of Topliss-reactive ketones (excluding diaryl/α,β-unsaturated/α-hetero) is 1. The van der Waals surface area contributed by atoms with Crippen molar-refractivity contribution in [3.05, 3.63) is 12.7 Å². The highest BCUT2D eigenvalue weighted by Gasteiger charge is 2.10. The molecule has 0 saturated carbocycles. The molecule has 0 aliphatic rings. The van der Waals surface area contributed by atoms with E-state index in [1.165, 1.54) is 32.1 Å². The van der Waals surface area contributed by atoms with Crippen molar-refractivity contribution in [3.8, 4) is 0 Å². The molecule has 0 aliphatic heterocycles. The normalized spacial score (nSPS) is 12.4. The zero-order valence-electron chi connectivity index (χ0n) is 10.4. The predicted octanol–water partition coefficient (Wildman–Crippen LogP) is 4.52. The quantitative estimate of drug-likeness (QED) is 0.383. The molecule has 88 valence electrons. The van der Waals surface area contributed by atoms with Gasteiger partial charge in [-0.05, 0) is 18.8 Å². The molecule has 0 amide bonds. The van der Waals surface area contributed by atoms with Crippen LogP contribution in [0.3, 0.4) is 0 Å². The largest absolute Gasteiger partial charge is 0.300 e. The maximum Gasteiger partial charge on any atom is 0.132 e. The third kappa shape index (κ3) is 8.41. The number of unbranched alkanes of at least 4 members (excludes halogenated alkanes) is 3. The van der Waals surface area contributed by atoms with Gasteiger partial charge in [0.1, 0.15) is 5.78 Å². The molecule has 15 heavy (non-hydrogen) atoms. The number of allylic oxidation sites excluding steroid dienone is 1. The van der Waals surface area contributed by atoms with Gasteiger partial charge in [0, 0.05) is 12.8 Å². The third-order valence-corrected chi connectivity index (χ3v) is 2.88. The highest BCUT2D eigenvalue weighted by Crippen LogP contribution is 2.19. The van der Waals surface area contributed by atoms with Crippen molar-refractivity contribution in [2.75, 3.05) is 0 Å². The molecule has 1 nitrogen and oxygen atoms in total. The lowest BCUT2D eigenvalue weighted by atomic mass is 9.92. The van der Waals surface area contributed by atoms with Crippen LogP contribution in [0.15, 0.2) is 12.7 Å². The molecule has 1 atom stereocenters. The van der Waals surface area contributed by atoms with Gasteiger partial charge in [-0.3, -0.25) is 4.79 Å². The van der Waals surface area contributed by atoms with Gasteiger partial charge in [0.15, 0.2) is 0 Å². The summed E-state index contributed by atoms with van der Waals surface area (Å²) in [6.45, 7) is 7.94. The molecule has 0 aromatic carbocycles. The maximum atomic E-state index is 11.4. The van der Waals surface area contributed by atoms with Gasteiger partial charge in [0.25, 0.3) is 0 Å². The first kappa shape index (κ1) is 14.4. The molecular weight excluding hydrogens is 184 g/mol. The van der Waals surface area contributed by atoms with Crippen LogP contribution in [0, 0.1) is 5.92 Å². The molecule has 1 unspecified atom stereocenters. The Kier molecular flexibility index (Phi) is 9.55. The molecule has 0 heterocycles. The van der Waals surface area contributed by atoms with E-state index in [2.05, 4.69) is 13.5 Å². The lowest BCUT2D eigenvalue weighted by Crippen LogP contribution is -2.07. The molecule has 0 spiro atoms. The monoisotopic (exact) mass is 210 g/mol. The van der Waals surface area contributed by atoms with Crippen LogP contribution in [-0.4, -0.2) is 5.78 Å². The van der Waals surface area contributed by atoms with Crippen LogP contribution in [-0.2, 0) is 4.79 Å². The van der Waals surface area contributed by atoms with Gasteiger partial charge in [-0.25, -0.2) is 0 Å². The zero-order chi connectivity index (χ0) is 11.5. The van der Waals surface area contributed by atoms with Crippen molar-refractivity contribution < 1.29 is 4.79 Å². The molecule has 0 fully saturated rings. The van der Waals surface area contributed by atoms with E-state index in [-0.39, 0.29) is 0 Å².